The Morgan fingerprint density at radius 3 is 2.55 bits per heavy atom. The molecule has 3 heteroatoms. The van der Waals surface area contributed by atoms with Crippen molar-refractivity contribution in [3.05, 3.63) is 65.7 Å². The normalized spacial score (nSPS) is 13.0. The van der Waals surface area contributed by atoms with Crippen molar-refractivity contribution in [1.82, 2.24) is 0 Å². The molecule has 2 atom stereocenters. The zero-order valence-corrected chi connectivity index (χ0v) is 12.9. The molecule has 0 aliphatic carbocycles. The molecule has 2 rings (SSSR count). The summed E-state index contributed by atoms with van der Waals surface area (Å²) in [6, 6.07) is 18.9. The number of anilines is 1. The van der Waals surface area contributed by atoms with E-state index < -0.39 is 0 Å². The molecule has 0 aromatic heterocycles. The van der Waals surface area contributed by atoms with Crippen molar-refractivity contribution in [2.75, 3.05) is 5.32 Å². The van der Waals surface area contributed by atoms with Gasteiger partial charge >= 0.3 is 0 Å². The minimum absolute atomic E-state index is 0.0318. The molecule has 112 valence electrons. The van der Waals surface area contributed by atoms with E-state index in [9.17, 15) is 4.79 Å². The number of hydrogen-bond acceptors (Lipinski definition) is 2. The van der Waals surface area contributed by atoms with Crippen LogP contribution in [0.5, 0.6) is 0 Å². The minimum atomic E-state index is -0.197. The van der Waals surface area contributed by atoms with Crippen LogP contribution in [0.3, 0.4) is 0 Å². The molecular weight excluding hydrogens is 272 g/mol. The molecular formula is C19H20N2O. The highest BCUT2D eigenvalue weighted by atomic mass is 16.1. The number of carbonyl (C=O) groups excluding carboxylic acids is 1. The number of nitrogens with one attached hydrogen (secondary N) is 1. The molecule has 0 saturated heterocycles. The maximum atomic E-state index is 12.7. The van der Waals surface area contributed by atoms with Crippen LogP contribution in [0.25, 0.3) is 0 Å². The molecule has 0 heterocycles. The maximum Gasteiger partial charge on any atom is 0.232 e. The van der Waals surface area contributed by atoms with Crippen LogP contribution in [-0.2, 0) is 4.79 Å². The third kappa shape index (κ3) is 3.73. The Labute approximate surface area is 131 Å². The number of benzene rings is 2. The van der Waals surface area contributed by atoms with Gasteiger partial charge in [-0.15, -0.1) is 0 Å². The van der Waals surface area contributed by atoms with Crippen molar-refractivity contribution in [3.8, 4) is 6.07 Å². The van der Waals surface area contributed by atoms with Gasteiger partial charge in [0.2, 0.25) is 5.91 Å². The van der Waals surface area contributed by atoms with Crippen LogP contribution in [-0.4, -0.2) is 5.91 Å². The molecule has 0 bridgehead atoms. The summed E-state index contributed by atoms with van der Waals surface area (Å²) in [5, 5.41) is 11.9. The molecule has 3 nitrogen and oxygen atoms in total. The molecule has 0 spiro atoms. The second-order valence-corrected chi connectivity index (χ2v) is 5.46. The first-order valence-corrected chi connectivity index (χ1v) is 7.51. The molecule has 1 amide bonds. The van der Waals surface area contributed by atoms with Gasteiger partial charge in [-0.05, 0) is 29.7 Å². The predicted molar refractivity (Wildman–Crippen MR) is 88.4 cm³/mol. The lowest BCUT2D eigenvalue weighted by Gasteiger charge is -2.22. The highest BCUT2D eigenvalue weighted by Gasteiger charge is 2.25. The van der Waals surface area contributed by atoms with Crippen molar-refractivity contribution < 1.29 is 4.79 Å². The number of amides is 1. The highest BCUT2D eigenvalue weighted by molar-refractivity contribution is 5.96. The van der Waals surface area contributed by atoms with Gasteiger partial charge in [0.1, 0.15) is 0 Å². The van der Waals surface area contributed by atoms with Crippen LogP contribution in [0.4, 0.5) is 5.69 Å². The second-order valence-electron chi connectivity index (χ2n) is 5.46. The molecule has 0 aliphatic rings. The average Bonchev–Trinajstić information content (AvgIpc) is 2.56. The zero-order chi connectivity index (χ0) is 15.9. The summed E-state index contributed by atoms with van der Waals surface area (Å²) in [6.07, 6.45) is 0.922. The average molecular weight is 292 g/mol. The Morgan fingerprint density at radius 1 is 1.18 bits per heavy atom. The standard InChI is InChI=1S/C19H20N2O/c1-3-14(2)18(16-9-5-4-6-10-16)19(22)21-17-11-7-8-15(12-17)13-20/h4-12,14,18H,3H2,1-2H3,(H,21,22). The Morgan fingerprint density at radius 2 is 1.91 bits per heavy atom. The van der Waals surface area contributed by atoms with E-state index in [1.54, 1.807) is 24.3 Å². The molecule has 22 heavy (non-hydrogen) atoms. The summed E-state index contributed by atoms with van der Waals surface area (Å²) in [4.78, 5) is 12.7. The SMILES string of the molecule is CCC(C)C(C(=O)Nc1cccc(C#N)c1)c1ccccc1. The van der Waals surface area contributed by atoms with Crippen molar-refractivity contribution in [1.29, 1.82) is 5.26 Å². The fraction of sp³-hybridized carbons (Fsp3) is 0.263. The van der Waals surface area contributed by atoms with Gasteiger partial charge in [-0.25, -0.2) is 0 Å². The van der Waals surface area contributed by atoms with Crippen molar-refractivity contribution in [3.63, 3.8) is 0 Å². The highest BCUT2D eigenvalue weighted by Crippen LogP contribution is 2.28. The van der Waals surface area contributed by atoms with Crippen LogP contribution in [0.1, 0.15) is 37.3 Å². The first-order valence-electron chi connectivity index (χ1n) is 7.51. The Bertz CT molecular complexity index is 673. The molecule has 1 N–H and O–H groups in total. The first kappa shape index (κ1) is 15.8. The predicted octanol–water partition coefficient (Wildman–Crippen LogP) is 4.33. The number of hydrogen-bond donors (Lipinski definition) is 1. The number of carbonyl (C=O) groups is 1. The Balaban J connectivity index is 2.24. The summed E-state index contributed by atoms with van der Waals surface area (Å²) < 4.78 is 0. The topological polar surface area (TPSA) is 52.9 Å². The molecule has 0 aliphatic heterocycles. The Hall–Kier alpha value is -2.60. The molecule has 0 fully saturated rings. The molecule has 2 unspecified atom stereocenters. The number of nitriles is 1. The maximum absolute atomic E-state index is 12.7. The third-order valence-electron chi connectivity index (χ3n) is 3.91. The van der Waals surface area contributed by atoms with E-state index in [1.807, 2.05) is 30.3 Å². The first-order chi connectivity index (χ1) is 10.7. The van der Waals surface area contributed by atoms with Crippen molar-refractivity contribution in [2.45, 2.75) is 26.2 Å². The molecule has 0 radical (unpaired) electrons. The van der Waals surface area contributed by atoms with E-state index in [2.05, 4.69) is 25.2 Å². The minimum Gasteiger partial charge on any atom is -0.326 e. The summed E-state index contributed by atoms with van der Waals surface area (Å²) in [6.45, 7) is 4.17. The van der Waals surface area contributed by atoms with E-state index in [-0.39, 0.29) is 17.7 Å². The van der Waals surface area contributed by atoms with Gasteiger partial charge in [0.15, 0.2) is 0 Å². The smallest absolute Gasteiger partial charge is 0.232 e. The van der Waals surface area contributed by atoms with E-state index in [0.29, 0.717) is 11.3 Å². The summed E-state index contributed by atoms with van der Waals surface area (Å²) in [7, 11) is 0. The van der Waals surface area contributed by atoms with Crippen LogP contribution < -0.4 is 5.32 Å². The lowest BCUT2D eigenvalue weighted by molar-refractivity contribution is -0.118. The number of nitrogens with zero attached hydrogens (tertiary/aromatic N) is 1. The van der Waals surface area contributed by atoms with Gasteiger partial charge in [-0.2, -0.15) is 5.26 Å². The quantitative estimate of drug-likeness (QED) is 0.892. The van der Waals surface area contributed by atoms with Crippen LogP contribution >= 0.6 is 0 Å². The molecule has 0 saturated carbocycles. The van der Waals surface area contributed by atoms with Crippen molar-refractivity contribution >= 4 is 11.6 Å². The summed E-state index contributed by atoms with van der Waals surface area (Å²) >= 11 is 0. The van der Waals surface area contributed by atoms with Crippen molar-refractivity contribution in [2.24, 2.45) is 5.92 Å². The van der Waals surface area contributed by atoms with Gasteiger partial charge in [-0.1, -0.05) is 56.7 Å². The summed E-state index contributed by atoms with van der Waals surface area (Å²) in [5.74, 6) is 0.00845. The third-order valence-corrected chi connectivity index (χ3v) is 3.91. The van der Waals surface area contributed by atoms with E-state index in [0.717, 1.165) is 12.0 Å². The van der Waals surface area contributed by atoms with E-state index in [4.69, 9.17) is 5.26 Å². The lowest BCUT2D eigenvalue weighted by Crippen LogP contribution is -2.26. The molecule has 2 aromatic carbocycles. The number of rotatable bonds is 5. The second kappa shape index (κ2) is 7.42. The van der Waals surface area contributed by atoms with Gasteiger partial charge < -0.3 is 5.32 Å². The van der Waals surface area contributed by atoms with E-state index in [1.165, 1.54) is 0 Å². The fourth-order valence-corrected chi connectivity index (χ4v) is 2.52. The van der Waals surface area contributed by atoms with Gasteiger partial charge in [0, 0.05) is 5.69 Å². The van der Waals surface area contributed by atoms with Gasteiger partial charge in [-0.3, -0.25) is 4.79 Å². The lowest BCUT2D eigenvalue weighted by atomic mass is 9.85. The van der Waals surface area contributed by atoms with Crippen LogP contribution in [0, 0.1) is 17.2 Å². The van der Waals surface area contributed by atoms with Crippen LogP contribution in [0.15, 0.2) is 54.6 Å². The largest absolute Gasteiger partial charge is 0.326 e. The zero-order valence-electron chi connectivity index (χ0n) is 12.9. The monoisotopic (exact) mass is 292 g/mol. The Kier molecular flexibility index (Phi) is 5.32. The van der Waals surface area contributed by atoms with Gasteiger partial charge in [0.05, 0.1) is 17.6 Å². The van der Waals surface area contributed by atoms with Crippen LogP contribution in [0.2, 0.25) is 0 Å². The van der Waals surface area contributed by atoms with E-state index >= 15 is 0 Å². The summed E-state index contributed by atoms with van der Waals surface area (Å²) in [5.41, 5.74) is 2.22. The van der Waals surface area contributed by atoms with Gasteiger partial charge in [0.25, 0.3) is 0 Å². The molecule has 2 aromatic rings. The fourth-order valence-electron chi connectivity index (χ4n) is 2.52.